The van der Waals surface area contributed by atoms with Gasteiger partial charge in [0.2, 0.25) is 0 Å². The zero-order valence-electron chi connectivity index (χ0n) is 9.78. The number of hydrogen-bond donors (Lipinski definition) is 1. The molecule has 17 heavy (non-hydrogen) atoms. The predicted molar refractivity (Wildman–Crippen MR) is 57.4 cm³/mol. The van der Waals surface area contributed by atoms with Crippen molar-refractivity contribution in [2.45, 2.75) is 25.8 Å². The highest BCUT2D eigenvalue weighted by Crippen LogP contribution is 2.20. The average molecular weight is 238 g/mol. The summed E-state index contributed by atoms with van der Waals surface area (Å²) < 4.78 is 9.33. The van der Waals surface area contributed by atoms with E-state index in [4.69, 9.17) is 10.00 Å². The molecule has 0 spiro atoms. The van der Waals surface area contributed by atoms with Gasteiger partial charge in [-0.15, -0.1) is 0 Å². The van der Waals surface area contributed by atoms with Crippen LogP contribution in [-0.4, -0.2) is 31.7 Å². The molecule has 1 heterocycles. The van der Waals surface area contributed by atoms with Gasteiger partial charge >= 0.3 is 11.9 Å². The second-order valence-corrected chi connectivity index (χ2v) is 3.44. The summed E-state index contributed by atoms with van der Waals surface area (Å²) in [6, 6.07) is 1.29. The van der Waals surface area contributed by atoms with Crippen LogP contribution in [-0.2, 0) is 19.1 Å². The molecule has 0 unspecified atom stereocenters. The van der Waals surface area contributed by atoms with Crippen LogP contribution in [0.2, 0.25) is 0 Å². The van der Waals surface area contributed by atoms with E-state index in [-0.39, 0.29) is 11.5 Å². The monoisotopic (exact) mass is 238 g/mol. The highest BCUT2D eigenvalue weighted by atomic mass is 16.5. The Morgan fingerprint density at radius 3 is 2.82 bits per heavy atom. The number of carbonyl (C=O) groups is 2. The van der Waals surface area contributed by atoms with Gasteiger partial charge in [-0.2, -0.15) is 5.26 Å². The lowest BCUT2D eigenvalue weighted by atomic mass is 10.2. The van der Waals surface area contributed by atoms with Crippen molar-refractivity contribution < 1.29 is 19.1 Å². The molecule has 1 saturated heterocycles. The molecular weight excluding hydrogens is 224 g/mol. The summed E-state index contributed by atoms with van der Waals surface area (Å²) in [6.07, 6.45) is 0.970. The Labute approximate surface area is 99.2 Å². The van der Waals surface area contributed by atoms with Gasteiger partial charge in [-0.3, -0.25) is 0 Å². The fourth-order valence-electron chi connectivity index (χ4n) is 1.60. The fraction of sp³-hybridized carbons (Fsp3) is 0.545. The number of ether oxygens (including phenoxy) is 2. The Bertz CT molecular complexity index is 395. The summed E-state index contributed by atoms with van der Waals surface area (Å²) >= 11 is 0. The van der Waals surface area contributed by atoms with Crippen molar-refractivity contribution in [1.82, 2.24) is 5.32 Å². The van der Waals surface area contributed by atoms with Gasteiger partial charge in [0.25, 0.3) is 0 Å². The van der Waals surface area contributed by atoms with Gasteiger partial charge in [0.1, 0.15) is 12.1 Å². The number of nitrogens with zero attached hydrogens (tertiary/aromatic N) is 1. The van der Waals surface area contributed by atoms with Crippen LogP contribution in [0.1, 0.15) is 19.8 Å². The number of methoxy groups -OCH3 is 1. The summed E-state index contributed by atoms with van der Waals surface area (Å²) in [5.41, 5.74) is 0.358. The normalized spacial score (nSPS) is 21.1. The lowest BCUT2D eigenvalue weighted by Crippen LogP contribution is -2.32. The maximum Gasteiger partial charge on any atom is 0.350 e. The van der Waals surface area contributed by atoms with Crippen molar-refractivity contribution in [3.8, 4) is 6.07 Å². The Morgan fingerprint density at radius 1 is 1.59 bits per heavy atom. The molecule has 6 nitrogen and oxygen atoms in total. The van der Waals surface area contributed by atoms with Crippen molar-refractivity contribution in [3.63, 3.8) is 0 Å². The topological polar surface area (TPSA) is 88.4 Å². The number of allylic oxidation sites excluding steroid dienone is 1. The van der Waals surface area contributed by atoms with E-state index in [0.29, 0.717) is 25.1 Å². The zero-order chi connectivity index (χ0) is 12.8. The van der Waals surface area contributed by atoms with Crippen molar-refractivity contribution in [2.24, 2.45) is 0 Å². The minimum absolute atomic E-state index is 0.0840. The smallest absolute Gasteiger partial charge is 0.350 e. The first-order chi connectivity index (χ1) is 8.13. The van der Waals surface area contributed by atoms with Gasteiger partial charge in [0.05, 0.1) is 13.7 Å². The quantitative estimate of drug-likeness (QED) is 0.431. The molecule has 0 bridgehead atoms. The molecule has 0 aromatic carbocycles. The average Bonchev–Trinajstić information content (AvgIpc) is 2.79. The summed E-state index contributed by atoms with van der Waals surface area (Å²) in [4.78, 5) is 22.7. The van der Waals surface area contributed by atoms with E-state index in [2.05, 4.69) is 10.1 Å². The molecule has 92 valence electrons. The van der Waals surface area contributed by atoms with E-state index in [1.807, 2.05) is 0 Å². The van der Waals surface area contributed by atoms with Gasteiger partial charge in [-0.05, 0) is 19.8 Å². The third-order valence-electron chi connectivity index (χ3n) is 2.41. The Balaban J connectivity index is 2.78. The number of hydrogen-bond acceptors (Lipinski definition) is 6. The molecule has 1 N–H and O–H groups in total. The summed E-state index contributed by atoms with van der Waals surface area (Å²) in [5, 5.41) is 11.7. The van der Waals surface area contributed by atoms with E-state index in [1.54, 1.807) is 13.0 Å². The molecule has 0 amide bonds. The van der Waals surface area contributed by atoms with Crippen LogP contribution in [0.3, 0.4) is 0 Å². The van der Waals surface area contributed by atoms with Gasteiger partial charge < -0.3 is 14.8 Å². The lowest BCUT2D eigenvalue weighted by molar-refractivity contribution is -0.145. The minimum Gasteiger partial charge on any atom is -0.465 e. The van der Waals surface area contributed by atoms with E-state index in [1.165, 1.54) is 7.11 Å². The molecule has 0 saturated carbocycles. The van der Waals surface area contributed by atoms with Gasteiger partial charge in [0, 0.05) is 5.70 Å². The van der Waals surface area contributed by atoms with Crippen LogP contribution >= 0.6 is 0 Å². The summed E-state index contributed by atoms with van der Waals surface area (Å²) in [7, 11) is 1.21. The molecule has 0 aromatic rings. The lowest BCUT2D eigenvalue weighted by Gasteiger charge is -2.10. The second-order valence-electron chi connectivity index (χ2n) is 3.44. The van der Waals surface area contributed by atoms with Crippen molar-refractivity contribution in [1.29, 1.82) is 5.26 Å². The SMILES string of the molecule is CCOC(=O)[C@@H]1CCC(=C(C#N)C(=O)OC)N1. The molecule has 0 radical (unpaired) electrons. The summed E-state index contributed by atoms with van der Waals surface area (Å²) in [6.45, 7) is 2.02. The van der Waals surface area contributed by atoms with Gasteiger partial charge in [-0.25, -0.2) is 9.59 Å². The third kappa shape index (κ3) is 2.97. The zero-order valence-corrected chi connectivity index (χ0v) is 9.78. The van der Waals surface area contributed by atoms with Crippen LogP contribution in [0.4, 0.5) is 0 Å². The highest BCUT2D eigenvalue weighted by molar-refractivity contribution is 5.93. The predicted octanol–water partition coefficient (Wildman–Crippen LogP) is 0.252. The number of esters is 2. The molecule has 1 aliphatic heterocycles. The Hall–Kier alpha value is -2.03. The minimum atomic E-state index is -0.695. The number of nitrogens with one attached hydrogen (secondary N) is 1. The Kier molecular flexibility index (Phi) is 4.52. The summed E-state index contributed by atoms with van der Waals surface area (Å²) in [5.74, 6) is -1.07. The first kappa shape index (κ1) is 13.0. The fourth-order valence-corrected chi connectivity index (χ4v) is 1.60. The van der Waals surface area contributed by atoms with E-state index >= 15 is 0 Å². The number of nitriles is 1. The standard InChI is InChI=1S/C11H14N2O4/c1-3-17-11(15)9-5-4-8(13-9)7(6-12)10(14)16-2/h9,13H,3-5H2,1-2H3/t9-/m0/s1. The van der Waals surface area contributed by atoms with Gasteiger partial charge in [-0.1, -0.05) is 0 Å². The van der Waals surface area contributed by atoms with Crippen LogP contribution < -0.4 is 5.32 Å². The van der Waals surface area contributed by atoms with Crippen molar-refractivity contribution in [2.75, 3.05) is 13.7 Å². The molecule has 1 aliphatic rings. The van der Waals surface area contributed by atoms with Crippen molar-refractivity contribution >= 4 is 11.9 Å². The van der Waals surface area contributed by atoms with E-state index < -0.39 is 12.0 Å². The van der Waals surface area contributed by atoms with Crippen LogP contribution in [0.25, 0.3) is 0 Å². The van der Waals surface area contributed by atoms with Gasteiger partial charge in [0.15, 0.2) is 5.57 Å². The third-order valence-corrected chi connectivity index (χ3v) is 2.41. The number of carbonyl (C=O) groups excluding carboxylic acids is 2. The molecule has 1 rings (SSSR count). The van der Waals surface area contributed by atoms with E-state index in [0.717, 1.165) is 0 Å². The maximum atomic E-state index is 11.4. The second kappa shape index (κ2) is 5.89. The number of rotatable bonds is 3. The largest absolute Gasteiger partial charge is 0.465 e. The first-order valence-corrected chi connectivity index (χ1v) is 5.28. The maximum absolute atomic E-state index is 11.4. The van der Waals surface area contributed by atoms with Crippen LogP contribution in [0.5, 0.6) is 0 Å². The molecule has 6 heteroatoms. The molecular formula is C11H14N2O4. The van der Waals surface area contributed by atoms with Crippen LogP contribution in [0.15, 0.2) is 11.3 Å². The highest BCUT2D eigenvalue weighted by Gasteiger charge is 2.30. The molecule has 0 aromatic heterocycles. The van der Waals surface area contributed by atoms with E-state index in [9.17, 15) is 9.59 Å². The van der Waals surface area contributed by atoms with Crippen molar-refractivity contribution in [3.05, 3.63) is 11.3 Å². The molecule has 1 atom stereocenters. The molecule has 0 aliphatic carbocycles. The van der Waals surface area contributed by atoms with Crippen LogP contribution in [0, 0.1) is 11.3 Å². The first-order valence-electron chi connectivity index (χ1n) is 5.28. The molecule has 1 fully saturated rings. The Morgan fingerprint density at radius 2 is 2.29 bits per heavy atom.